The highest BCUT2D eigenvalue weighted by atomic mass is 35.5. The third-order valence-electron chi connectivity index (χ3n) is 2.76. The fraction of sp³-hybridized carbons (Fsp3) is 0.200. The lowest BCUT2D eigenvalue weighted by atomic mass is 10.3. The Bertz CT molecular complexity index is 603. The van der Waals surface area contributed by atoms with Crippen LogP contribution in [-0.2, 0) is 0 Å². The Labute approximate surface area is 138 Å². The highest BCUT2D eigenvalue weighted by Gasteiger charge is 2.05. The summed E-state index contributed by atoms with van der Waals surface area (Å²) in [7, 11) is 1.63. The second-order valence-electron chi connectivity index (χ2n) is 4.20. The van der Waals surface area contributed by atoms with Gasteiger partial charge in [0.25, 0.3) is 0 Å². The maximum atomic E-state index is 6.07. The van der Waals surface area contributed by atoms with Crippen LogP contribution in [-0.4, -0.2) is 20.3 Å². The Balaban J connectivity index is 1.83. The van der Waals surface area contributed by atoms with E-state index in [9.17, 15) is 0 Å². The third-order valence-corrected chi connectivity index (χ3v) is 3.79. The first-order chi connectivity index (χ1) is 10.1. The first kappa shape index (κ1) is 16.1. The van der Waals surface area contributed by atoms with E-state index in [1.54, 1.807) is 19.2 Å². The lowest BCUT2D eigenvalue weighted by molar-refractivity contribution is 0.332. The van der Waals surface area contributed by atoms with Crippen molar-refractivity contribution in [2.24, 2.45) is 0 Å². The highest BCUT2D eigenvalue weighted by molar-refractivity contribution is 6.44. The zero-order chi connectivity index (χ0) is 15.2. The largest absolute Gasteiger partial charge is 0.497 e. The number of hydrogen-bond acceptors (Lipinski definition) is 3. The van der Waals surface area contributed by atoms with Crippen molar-refractivity contribution in [2.45, 2.75) is 0 Å². The standard InChI is InChI=1S/C15H14Cl3NO2/c1-20-10-2-4-11(5-3-10)21-7-6-19-15-9-13(17)12(16)8-14(15)18/h2-5,8-9,19H,6-7H2,1H3. The zero-order valence-electron chi connectivity index (χ0n) is 11.3. The molecule has 0 atom stereocenters. The molecule has 0 aliphatic carbocycles. The molecule has 0 heterocycles. The molecule has 0 aromatic heterocycles. The van der Waals surface area contributed by atoms with Crippen LogP contribution in [0.3, 0.4) is 0 Å². The number of anilines is 1. The highest BCUT2D eigenvalue weighted by Crippen LogP contribution is 2.32. The van der Waals surface area contributed by atoms with Gasteiger partial charge in [-0.25, -0.2) is 0 Å². The average molecular weight is 347 g/mol. The summed E-state index contributed by atoms with van der Waals surface area (Å²) >= 11 is 17.9. The summed E-state index contributed by atoms with van der Waals surface area (Å²) in [4.78, 5) is 0. The predicted octanol–water partition coefficient (Wildman–Crippen LogP) is 5.15. The number of rotatable bonds is 6. The van der Waals surface area contributed by atoms with Gasteiger partial charge in [-0.2, -0.15) is 0 Å². The molecule has 0 amide bonds. The number of ether oxygens (including phenoxy) is 2. The molecule has 21 heavy (non-hydrogen) atoms. The van der Waals surface area contributed by atoms with Crippen LogP contribution in [0.5, 0.6) is 11.5 Å². The molecule has 0 aliphatic rings. The number of hydrogen-bond donors (Lipinski definition) is 1. The quantitative estimate of drug-likeness (QED) is 0.580. The van der Waals surface area contributed by atoms with E-state index in [4.69, 9.17) is 44.3 Å². The number of benzene rings is 2. The summed E-state index contributed by atoms with van der Waals surface area (Å²) in [5, 5.41) is 4.56. The normalized spacial score (nSPS) is 10.3. The SMILES string of the molecule is COc1ccc(OCCNc2cc(Cl)c(Cl)cc2Cl)cc1. The van der Waals surface area contributed by atoms with E-state index in [0.29, 0.717) is 28.2 Å². The molecule has 6 heteroatoms. The van der Waals surface area contributed by atoms with Crippen molar-refractivity contribution in [3.05, 3.63) is 51.5 Å². The molecule has 0 saturated carbocycles. The minimum absolute atomic E-state index is 0.432. The van der Waals surface area contributed by atoms with Crippen LogP contribution in [0.15, 0.2) is 36.4 Å². The van der Waals surface area contributed by atoms with Crippen LogP contribution in [0.1, 0.15) is 0 Å². The van der Waals surface area contributed by atoms with Crippen LogP contribution in [0.4, 0.5) is 5.69 Å². The fourth-order valence-electron chi connectivity index (χ4n) is 1.68. The lowest BCUT2D eigenvalue weighted by Crippen LogP contribution is -2.11. The van der Waals surface area contributed by atoms with Crippen molar-refractivity contribution in [1.29, 1.82) is 0 Å². The summed E-state index contributed by atoms with van der Waals surface area (Å²) in [6.45, 7) is 1.08. The van der Waals surface area contributed by atoms with Crippen molar-refractivity contribution in [3.63, 3.8) is 0 Å². The molecule has 0 unspecified atom stereocenters. The molecule has 112 valence electrons. The van der Waals surface area contributed by atoms with E-state index in [1.807, 2.05) is 24.3 Å². The van der Waals surface area contributed by atoms with E-state index in [1.165, 1.54) is 0 Å². The molecule has 0 bridgehead atoms. The Hall–Kier alpha value is -1.29. The summed E-state index contributed by atoms with van der Waals surface area (Å²) in [5.74, 6) is 1.57. The summed E-state index contributed by atoms with van der Waals surface area (Å²) in [5.41, 5.74) is 0.726. The molecule has 0 fully saturated rings. The Morgan fingerprint density at radius 3 is 2.19 bits per heavy atom. The maximum absolute atomic E-state index is 6.07. The molecule has 2 aromatic rings. The van der Waals surface area contributed by atoms with Gasteiger partial charge in [-0.1, -0.05) is 34.8 Å². The molecular weight excluding hydrogens is 333 g/mol. The Morgan fingerprint density at radius 2 is 1.52 bits per heavy atom. The minimum atomic E-state index is 0.432. The smallest absolute Gasteiger partial charge is 0.119 e. The molecule has 0 saturated heterocycles. The van der Waals surface area contributed by atoms with Crippen molar-refractivity contribution in [2.75, 3.05) is 25.6 Å². The van der Waals surface area contributed by atoms with Crippen molar-refractivity contribution in [1.82, 2.24) is 0 Å². The van der Waals surface area contributed by atoms with Crippen LogP contribution in [0, 0.1) is 0 Å². The first-order valence-corrected chi connectivity index (χ1v) is 7.39. The van der Waals surface area contributed by atoms with Crippen molar-refractivity contribution in [3.8, 4) is 11.5 Å². The van der Waals surface area contributed by atoms with Crippen LogP contribution < -0.4 is 14.8 Å². The number of methoxy groups -OCH3 is 1. The van der Waals surface area contributed by atoms with Gasteiger partial charge in [0, 0.05) is 6.54 Å². The Morgan fingerprint density at radius 1 is 0.905 bits per heavy atom. The van der Waals surface area contributed by atoms with E-state index in [-0.39, 0.29) is 0 Å². The maximum Gasteiger partial charge on any atom is 0.119 e. The summed E-state index contributed by atoms with van der Waals surface area (Å²) in [6.07, 6.45) is 0. The molecule has 0 spiro atoms. The molecule has 2 aromatic carbocycles. The van der Waals surface area contributed by atoms with Gasteiger partial charge in [-0.05, 0) is 36.4 Å². The van der Waals surface area contributed by atoms with Gasteiger partial charge in [0.05, 0.1) is 27.9 Å². The van der Waals surface area contributed by atoms with Crippen LogP contribution in [0.2, 0.25) is 15.1 Å². The van der Waals surface area contributed by atoms with Gasteiger partial charge >= 0.3 is 0 Å². The monoisotopic (exact) mass is 345 g/mol. The van der Waals surface area contributed by atoms with Gasteiger partial charge in [-0.3, -0.25) is 0 Å². The van der Waals surface area contributed by atoms with E-state index < -0.39 is 0 Å². The lowest BCUT2D eigenvalue weighted by Gasteiger charge is -2.11. The summed E-state index contributed by atoms with van der Waals surface area (Å²) in [6, 6.07) is 10.7. The first-order valence-electron chi connectivity index (χ1n) is 6.25. The minimum Gasteiger partial charge on any atom is -0.497 e. The van der Waals surface area contributed by atoms with Crippen molar-refractivity contribution >= 4 is 40.5 Å². The second kappa shape index (κ2) is 7.64. The zero-order valence-corrected chi connectivity index (χ0v) is 13.6. The Kier molecular flexibility index (Phi) is 5.85. The molecule has 3 nitrogen and oxygen atoms in total. The molecule has 0 radical (unpaired) electrons. The second-order valence-corrected chi connectivity index (χ2v) is 5.42. The van der Waals surface area contributed by atoms with Gasteiger partial charge in [0.1, 0.15) is 18.1 Å². The van der Waals surface area contributed by atoms with Gasteiger partial charge in [0.2, 0.25) is 0 Å². The van der Waals surface area contributed by atoms with E-state index >= 15 is 0 Å². The molecular formula is C15H14Cl3NO2. The third kappa shape index (κ3) is 4.60. The topological polar surface area (TPSA) is 30.5 Å². The average Bonchev–Trinajstić information content (AvgIpc) is 2.49. The van der Waals surface area contributed by atoms with Gasteiger partial charge in [-0.15, -0.1) is 0 Å². The molecule has 2 rings (SSSR count). The fourth-order valence-corrected chi connectivity index (χ4v) is 2.30. The van der Waals surface area contributed by atoms with E-state index in [2.05, 4.69) is 5.32 Å². The van der Waals surface area contributed by atoms with Gasteiger partial charge in [0.15, 0.2) is 0 Å². The predicted molar refractivity (Wildman–Crippen MR) is 88.5 cm³/mol. The van der Waals surface area contributed by atoms with E-state index in [0.717, 1.165) is 17.2 Å². The molecule has 1 N–H and O–H groups in total. The van der Waals surface area contributed by atoms with Crippen LogP contribution >= 0.6 is 34.8 Å². The summed E-state index contributed by atoms with van der Waals surface area (Å²) < 4.78 is 10.7. The van der Waals surface area contributed by atoms with Crippen LogP contribution in [0.25, 0.3) is 0 Å². The van der Waals surface area contributed by atoms with Crippen molar-refractivity contribution < 1.29 is 9.47 Å². The number of nitrogens with one attached hydrogen (secondary N) is 1. The molecule has 0 aliphatic heterocycles. The van der Waals surface area contributed by atoms with Gasteiger partial charge < -0.3 is 14.8 Å². The number of halogens is 3.